The Morgan fingerprint density at radius 1 is 1.00 bits per heavy atom. The summed E-state index contributed by atoms with van der Waals surface area (Å²) < 4.78 is 16.0. The summed E-state index contributed by atoms with van der Waals surface area (Å²) in [6.45, 7) is 1.27. The van der Waals surface area contributed by atoms with Crippen molar-refractivity contribution in [3.63, 3.8) is 0 Å². The molecule has 0 fully saturated rings. The molecule has 1 aliphatic rings. The van der Waals surface area contributed by atoms with E-state index in [0.29, 0.717) is 30.3 Å². The Hall–Kier alpha value is -2.33. The molecule has 0 N–H and O–H groups in total. The third-order valence-corrected chi connectivity index (χ3v) is 3.72. The van der Waals surface area contributed by atoms with Crippen molar-refractivity contribution >= 4 is 6.29 Å². The maximum atomic E-state index is 11.4. The van der Waals surface area contributed by atoms with E-state index in [2.05, 4.69) is 6.07 Å². The number of hydrogen-bond acceptors (Lipinski definition) is 4. The van der Waals surface area contributed by atoms with Gasteiger partial charge in [0.25, 0.3) is 0 Å². The fourth-order valence-corrected chi connectivity index (χ4v) is 2.58. The number of hydrogen-bond donors (Lipinski definition) is 0. The molecule has 0 spiro atoms. The standard InChI is InChI=1S/C17H16O4/c1-19-16-6-13(8-18)15(7-17(16)20-2)11-3-4-12-9-21-10-14(12)5-11/h3-8H,9-10H2,1-2H3. The number of ether oxygens (including phenoxy) is 3. The first-order chi connectivity index (χ1) is 10.3. The summed E-state index contributed by atoms with van der Waals surface area (Å²) in [4.78, 5) is 11.4. The lowest BCUT2D eigenvalue weighted by molar-refractivity contribution is 0.112. The normalized spacial score (nSPS) is 12.9. The van der Waals surface area contributed by atoms with E-state index < -0.39 is 0 Å². The van der Waals surface area contributed by atoms with Crippen LogP contribution in [0.4, 0.5) is 0 Å². The highest BCUT2D eigenvalue weighted by Gasteiger charge is 2.16. The number of fused-ring (bicyclic) bond motifs is 1. The summed E-state index contributed by atoms with van der Waals surface area (Å²) in [6.07, 6.45) is 0.834. The molecule has 108 valence electrons. The SMILES string of the molecule is COc1cc(C=O)c(-c2ccc3c(c2)COC3)cc1OC. The van der Waals surface area contributed by atoms with Crippen LogP contribution >= 0.6 is 0 Å². The second-order valence-electron chi connectivity index (χ2n) is 4.89. The van der Waals surface area contributed by atoms with Crippen LogP contribution in [0.3, 0.4) is 0 Å². The van der Waals surface area contributed by atoms with E-state index in [-0.39, 0.29) is 0 Å². The lowest BCUT2D eigenvalue weighted by atomic mass is 9.96. The molecule has 0 aromatic heterocycles. The minimum Gasteiger partial charge on any atom is -0.493 e. The van der Waals surface area contributed by atoms with Crippen molar-refractivity contribution in [1.82, 2.24) is 0 Å². The Morgan fingerprint density at radius 3 is 2.43 bits per heavy atom. The Labute approximate surface area is 123 Å². The van der Waals surface area contributed by atoms with Crippen LogP contribution in [0.15, 0.2) is 30.3 Å². The lowest BCUT2D eigenvalue weighted by Gasteiger charge is -2.13. The predicted octanol–water partition coefficient (Wildman–Crippen LogP) is 3.21. The van der Waals surface area contributed by atoms with Crippen LogP contribution < -0.4 is 9.47 Å². The van der Waals surface area contributed by atoms with Crippen molar-refractivity contribution in [2.24, 2.45) is 0 Å². The largest absolute Gasteiger partial charge is 0.493 e. The van der Waals surface area contributed by atoms with E-state index in [1.807, 2.05) is 18.2 Å². The Morgan fingerprint density at radius 2 is 1.71 bits per heavy atom. The second kappa shape index (κ2) is 5.58. The maximum absolute atomic E-state index is 11.4. The number of carbonyl (C=O) groups excluding carboxylic acids is 1. The first-order valence-corrected chi connectivity index (χ1v) is 6.68. The minimum atomic E-state index is 0.549. The van der Waals surface area contributed by atoms with Crippen molar-refractivity contribution < 1.29 is 19.0 Å². The average Bonchev–Trinajstić information content (AvgIpc) is 3.00. The number of benzene rings is 2. The van der Waals surface area contributed by atoms with Crippen molar-refractivity contribution in [3.05, 3.63) is 47.0 Å². The summed E-state index contributed by atoms with van der Waals surface area (Å²) in [7, 11) is 3.14. The summed E-state index contributed by atoms with van der Waals surface area (Å²) in [6, 6.07) is 9.65. The molecule has 0 aliphatic carbocycles. The average molecular weight is 284 g/mol. The highest BCUT2D eigenvalue weighted by Crippen LogP contribution is 2.36. The number of rotatable bonds is 4. The highest BCUT2D eigenvalue weighted by atomic mass is 16.5. The maximum Gasteiger partial charge on any atom is 0.161 e. The van der Waals surface area contributed by atoms with Gasteiger partial charge in [-0.3, -0.25) is 4.79 Å². The van der Waals surface area contributed by atoms with Gasteiger partial charge in [-0.1, -0.05) is 12.1 Å². The monoisotopic (exact) mass is 284 g/mol. The second-order valence-corrected chi connectivity index (χ2v) is 4.89. The summed E-state index contributed by atoms with van der Waals surface area (Å²) in [5.41, 5.74) is 4.75. The van der Waals surface area contributed by atoms with Crippen molar-refractivity contribution in [2.75, 3.05) is 14.2 Å². The molecule has 1 aliphatic heterocycles. The Kier molecular flexibility index (Phi) is 3.62. The summed E-state index contributed by atoms with van der Waals surface area (Å²) in [5, 5.41) is 0. The predicted molar refractivity (Wildman–Crippen MR) is 78.9 cm³/mol. The number of methoxy groups -OCH3 is 2. The van der Waals surface area contributed by atoms with Gasteiger partial charge in [-0.25, -0.2) is 0 Å². The van der Waals surface area contributed by atoms with Gasteiger partial charge in [0, 0.05) is 5.56 Å². The van der Waals surface area contributed by atoms with Gasteiger partial charge in [-0.2, -0.15) is 0 Å². The molecular formula is C17H16O4. The third-order valence-electron chi connectivity index (χ3n) is 3.72. The van der Waals surface area contributed by atoms with Gasteiger partial charge < -0.3 is 14.2 Å². The molecule has 0 radical (unpaired) electrons. The van der Waals surface area contributed by atoms with Gasteiger partial charge in [0.05, 0.1) is 27.4 Å². The smallest absolute Gasteiger partial charge is 0.161 e. The molecule has 0 saturated carbocycles. The van der Waals surface area contributed by atoms with Gasteiger partial charge in [0.2, 0.25) is 0 Å². The van der Waals surface area contributed by atoms with Crippen molar-refractivity contribution in [3.8, 4) is 22.6 Å². The Balaban J connectivity index is 2.14. The number of carbonyl (C=O) groups is 1. The fourth-order valence-electron chi connectivity index (χ4n) is 2.58. The van der Waals surface area contributed by atoms with Crippen LogP contribution in [0, 0.1) is 0 Å². The molecule has 0 unspecified atom stereocenters. The molecule has 21 heavy (non-hydrogen) atoms. The topological polar surface area (TPSA) is 44.8 Å². The van der Waals surface area contributed by atoms with E-state index >= 15 is 0 Å². The van der Waals surface area contributed by atoms with E-state index in [0.717, 1.165) is 17.4 Å². The minimum absolute atomic E-state index is 0.549. The zero-order valence-electron chi connectivity index (χ0n) is 12.0. The van der Waals surface area contributed by atoms with Crippen molar-refractivity contribution in [1.29, 1.82) is 0 Å². The molecule has 0 amide bonds. The molecule has 0 saturated heterocycles. The zero-order chi connectivity index (χ0) is 14.8. The Bertz CT molecular complexity index is 691. The molecule has 0 atom stereocenters. The fraction of sp³-hybridized carbons (Fsp3) is 0.235. The van der Waals surface area contributed by atoms with E-state index in [4.69, 9.17) is 14.2 Å². The molecule has 1 heterocycles. The van der Waals surface area contributed by atoms with Gasteiger partial charge in [-0.15, -0.1) is 0 Å². The zero-order valence-corrected chi connectivity index (χ0v) is 12.0. The highest BCUT2D eigenvalue weighted by molar-refractivity contribution is 5.89. The van der Waals surface area contributed by atoms with Gasteiger partial charge >= 0.3 is 0 Å². The van der Waals surface area contributed by atoms with E-state index in [9.17, 15) is 4.79 Å². The van der Waals surface area contributed by atoms with Crippen LogP contribution in [0.25, 0.3) is 11.1 Å². The molecule has 2 aromatic rings. The first kappa shape index (κ1) is 13.6. The molecule has 4 heteroatoms. The number of aldehydes is 1. The molecule has 4 nitrogen and oxygen atoms in total. The van der Waals surface area contributed by atoms with E-state index in [1.165, 1.54) is 11.1 Å². The lowest BCUT2D eigenvalue weighted by Crippen LogP contribution is -1.96. The van der Waals surface area contributed by atoms with Crippen LogP contribution in [0.5, 0.6) is 11.5 Å². The van der Waals surface area contributed by atoms with Crippen LogP contribution in [0.2, 0.25) is 0 Å². The molecular weight excluding hydrogens is 268 g/mol. The summed E-state index contributed by atoms with van der Waals surface area (Å²) >= 11 is 0. The quantitative estimate of drug-likeness (QED) is 0.809. The van der Waals surface area contributed by atoms with Crippen LogP contribution in [-0.4, -0.2) is 20.5 Å². The van der Waals surface area contributed by atoms with E-state index in [1.54, 1.807) is 20.3 Å². The molecule has 0 bridgehead atoms. The van der Waals surface area contributed by atoms with Gasteiger partial charge in [0.1, 0.15) is 0 Å². The van der Waals surface area contributed by atoms with Crippen LogP contribution in [-0.2, 0) is 18.0 Å². The van der Waals surface area contributed by atoms with Crippen molar-refractivity contribution in [2.45, 2.75) is 13.2 Å². The molecule has 3 rings (SSSR count). The van der Waals surface area contributed by atoms with Gasteiger partial charge in [-0.05, 0) is 40.5 Å². The van der Waals surface area contributed by atoms with Crippen LogP contribution in [0.1, 0.15) is 21.5 Å². The summed E-state index contributed by atoms with van der Waals surface area (Å²) in [5.74, 6) is 1.16. The third kappa shape index (κ3) is 2.38. The van der Waals surface area contributed by atoms with Gasteiger partial charge in [0.15, 0.2) is 17.8 Å². The first-order valence-electron chi connectivity index (χ1n) is 6.68. The molecule has 2 aromatic carbocycles.